The number of rotatable bonds is 2. The van der Waals surface area contributed by atoms with Gasteiger partial charge < -0.3 is 9.73 Å². The summed E-state index contributed by atoms with van der Waals surface area (Å²) in [5.74, 6) is 0.194. The Morgan fingerprint density at radius 1 is 1.25 bits per heavy atom. The fourth-order valence-corrected chi connectivity index (χ4v) is 1.50. The van der Waals surface area contributed by atoms with E-state index in [-0.39, 0.29) is 11.7 Å². The summed E-state index contributed by atoms with van der Waals surface area (Å²) in [6.45, 7) is 0. The van der Waals surface area contributed by atoms with Gasteiger partial charge >= 0.3 is 0 Å². The Morgan fingerprint density at radius 2 is 2.06 bits per heavy atom. The molecule has 0 aliphatic heterocycles. The molecule has 5 nitrogen and oxygen atoms in total. The van der Waals surface area contributed by atoms with Gasteiger partial charge in [0.05, 0.1) is 12.4 Å². The normalized spacial score (nSPS) is 10.1. The number of nitrogens with zero attached hydrogens (tertiary/aromatic N) is 2. The highest BCUT2D eigenvalue weighted by molar-refractivity contribution is 9.10. The standard InChI is InChI=1S/C9H5Br2N3O2/c10-6-3-13-8(4-12-6)14-9(15)5-1-2-7(11)16-5/h1-4H,(H,13,14,15). The molecule has 0 spiro atoms. The van der Waals surface area contributed by atoms with Crippen LogP contribution in [0.25, 0.3) is 0 Å². The zero-order valence-electron chi connectivity index (χ0n) is 7.78. The minimum Gasteiger partial charge on any atom is -0.444 e. The van der Waals surface area contributed by atoms with Gasteiger partial charge in [0.1, 0.15) is 4.60 Å². The van der Waals surface area contributed by atoms with E-state index in [1.54, 1.807) is 12.1 Å². The lowest BCUT2D eigenvalue weighted by Crippen LogP contribution is -2.12. The van der Waals surface area contributed by atoms with Crippen LogP contribution in [0.3, 0.4) is 0 Å². The number of hydrogen-bond donors (Lipinski definition) is 1. The molecule has 2 heterocycles. The second-order valence-corrected chi connectivity index (χ2v) is 4.38. The van der Waals surface area contributed by atoms with Crippen molar-refractivity contribution >= 4 is 43.6 Å². The van der Waals surface area contributed by atoms with Gasteiger partial charge in [-0.15, -0.1) is 0 Å². The average molecular weight is 347 g/mol. The number of carbonyl (C=O) groups is 1. The number of aromatic nitrogens is 2. The SMILES string of the molecule is O=C(Nc1cnc(Br)cn1)c1ccc(Br)o1. The van der Waals surface area contributed by atoms with Crippen molar-refractivity contribution in [2.45, 2.75) is 0 Å². The van der Waals surface area contributed by atoms with Gasteiger partial charge in [-0.2, -0.15) is 0 Å². The Bertz CT molecular complexity index is 510. The van der Waals surface area contributed by atoms with Crippen LogP contribution in [-0.2, 0) is 0 Å². The van der Waals surface area contributed by atoms with Crippen molar-refractivity contribution in [2.75, 3.05) is 5.32 Å². The molecule has 2 aromatic heterocycles. The number of hydrogen-bond acceptors (Lipinski definition) is 4. The smallest absolute Gasteiger partial charge is 0.292 e. The van der Waals surface area contributed by atoms with Crippen LogP contribution in [0.1, 0.15) is 10.6 Å². The monoisotopic (exact) mass is 345 g/mol. The molecule has 0 unspecified atom stereocenters. The summed E-state index contributed by atoms with van der Waals surface area (Å²) in [5.41, 5.74) is 0. The van der Waals surface area contributed by atoms with Crippen molar-refractivity contribution in [1.29, 1.82) is 0 Å². The predicted octanol–water partition coefficient (Wildman–Crippen LogP) is 2.85. The van der Waals surface area contributed by atoms with Gasteiger partial charge in [0.2, 0.25) is 0 Å². The Labute approximate surface area is 108 Å². The van der Waals surface area contributed by atoms with Crippen LogP contribution in [0.15, 0.2) is 38.2 Å². The zero-order chi connectivity index (χ0) is 11.5. The summed E-state index contributed by atoms with van der Waals surface area (Å²) >= 11 is 6.26. The molecule has 0 fully saturated rings. The molecule has 16 heavy (non-hydrogen) atoms. The Morgan fingerprint density at radius 3 is 2.62 bits per heavy atom. The van der Waals surface area contributed by atoms with Crippen molar-refractivity contribution < 1.29 is 9.21 Å². The van der Waals surface area contributed by atoms with Gasteiger partial charge in [-0.3, -0.25) is 4.79 Å². The molecule has 0 bridgehead atoms. The van der Waals surface area contributed by atoms with Crippen LogP contribution in [0.2, 0.25) is 0 Å². The predicted molar refractivity (Wildman–Crippen MR) is 64.1 cm³/mol. The Kier molecular flexibility index (Phi) is 3.35. The summed E-state index contributed by atoms with van der Waals surface area (Å²) in [4.78, 5) is 19.5. The molecule has 2 rings (SSSR count). The first kappa shape index (κ1) is 11.3. The minimum atomic E-state index is -0.373. The quantitative estimate of drug-likeness (QED) is 0.907. The number of anilines is 1. The maximum Gasteiger partial charge on any atom is 0.292 e. The molecule has 82 valence electrons. The van der Waals surface area contributed by atoms with E-state index >= 15 is 0 Å². The maximum absolute atomic E-state index is 11.6. The Hall–Kier alpha value is -1.21. The van der Waals surface area contributed by atoms with Crippen LogP contribution in [0.5, 0.6) is 0 Å². The van der Waals surface area contributed by atoms with E-state index in [1.807, 2.05) is 0 Å². The number of furan rings is 1. The van der Waals surface area contributed by atoms with E-state index in [1.165, 1.54) is 12.4 Å². The number of carbonyl (C=O) groups excluding carboxylic acids is 1. The summed E-state index contributed by atoms with van der Waals surface area (Å²) < 4.78 is 6.19. The van der Waals surface area contributed by atoms with Gasteiger partial charge in [0.25, 0.3) is 5.91 Å². The lowest BCUT2D eigenvalue weighted by atomic mass is 10.4. The van der Waals surface area contributed by atoms with Gasteiger partial charge in [-0.25, -0.2) is 9.97 Å². The molecule has 0 aliphatic rings. The van der Waals surface area contributed by atoms with E-state index in [9.17, 15) is 4.79 Å². The number of halogens is 2. The molecular weight excluding hydrogens is 342 g/mol. The fourth-order valence-electron chi connectivity index (χ4n) is 0.991. The molecule has 0 aromatic carbocycles. The van der Waals surface area contributed by atoms with E-state index in [4.69, 9.17) is 4.42 Å². The zero-order valence-corrected chi connectivity index (χ0v) is 10.9. The van der Waals surface area contributed by atoms with Crippen molar-refractivity contribution in [3.05, 3.63) is 39.6 Å². The fraction of sp³-hybridized carbons (Fsp3) is 0. The van der Waals surface area contributed by atoms with Gasteiger partial charge in [0.15, 0.2) is 16.2 Å². The van der Waals surface area contributed by atoms with Crippen molar-refractivity contribution in [3.63, 3.8) is 0 Å². The van der Waals surface area contributed by atoms with Crippen LogP contribution >= 0.6 is 31.9 Å². The highest BCUT2D eigenvalue weighted by atomic mass is 79.9. The molecule has 1 amide bonds. The van der Waals surface area contributed by atoms with Gasteiger partial charge in [-0.05, 0) is 44.0 Å². The van der Waals surface area contributed by atoms with Crippen molar-refractivity contribution in [2.24, 2.45) is 0 Å². The topological polar surface area (TPSA) is 68.0 Å². The van der Waals surface area contributed by atoms with Crippen molar-refractivity contribution in [3.8, 4) is 0 Å². The van der Waals surface area contributed by atoms with Crippen LogP contribution in [0, 0.1) is 0 Å². The summed E-state index contributed by atoms with van der Waals surface area (Å²) in [6.07, 6.45) is 2.94. The maximum atomic E-state index is 11.6. The van der Waals surface area contributed by atoms with E-state index in [2.05, 4.69) is 47.1 Å². The second-order valence-electron chi connectivity index (χ2n) is 2.78. The summed E-state index contributed by atoms with van der Waals surface area (Å²) in [6, 6.07) is 3.20. The molecule has 2 aromatic rings. The van der Waals surface area contributed by atoms with Crippen molar-refractivity contribution in [1.82, 2.24) is 9.97 Å². The second kappa shape index (κ2) is 4.75. The third-order valence-electron chi connectivity index (χ3n) is 1.66. The van der Waals surface area contributed by atoms with Crippen LogP contribution < -0.4 is 5.32 Å². The summed E-state index contributed by atoms with van der Waals surface area (Å²) in [7, 11) is 0. The first-order valence-electron chi connectivity index (χ1n) is 4.19. The molecule has 0 atom stereocenters. The number of nitrogens with one attached hydrogen (secondary N) is 1. The van der Waals surface area contributed by atoms with Crippen LogP contribution in [-0.4, -0.2) is 15.9 Å². The molecule has 7 heteroatoms. The molecule has 0 saturated heterocycles. The molecular formula is C9H5Br2N3O2. The molecule has 1 N–H and O–H groups in total. The minimum absolute atomic E-state index is 0.205. The lowest BCUT2D eigenvalue weighted by Gasteiger charge is -2.00. The molecule has 0 aliphatic carbocycles. The third-order valence-corrected chi connectivity index (χ3v) is 2.49. The van der Waals surface area contributed by atoms with E-state index in [0.29, 0.717) is 15.1 Å². The lowest BCUT2D eigenvalue weighted by molar-refractivity contribution is 0.0995. The first-order valence-corrected chi connectivity index (χ1v) is 5.78. The summed E-state index contributed by atoms with van der Waals surface area (Å²) in [5, 5.41) is 2.55. The average Bonchev–Trinajstić information content (AvgIpc) is 2.68. The van der Waals surface area contributed by atoms with E-state index < -0.39 is 0 Å². The van der Waals surface area contributed by atoms with Crippen LogP contribution in [0.4, 0.5) is 5.82 Å². The number of amides is 1. The first-order chi connectivity index (χ1) is 7.65. The highest BCUT2D eigenvalue weighted by Crippen LogP contribution is 2.15. The third kappa shape index (κ3) is 2.67. The van der Waals surface area contributed by atoms with Gasteiger partial charge in [-0.1, -0.05) is 0 Å². The molecule has 0 saturated carbocycles. The largest absolute Gasteiger partial charge is 0.444 e. The molecule has 0 radical (unpaired) electrons. The highest BCUT2D eigenvalue weighted by Gasteiger charge is 2.11. The van der Waals surface area contributed by atoms with E-state index in [0.717, 1.165) is 0 Å². The van der Waals surface area contributed by atoms with Gasteiger partial charge in [0, 0.05) is 0 Å². The Balaban J connectivity index is 2.10.